The van der Waals surface area contributed by atoms with E-state index in [1.54, 1.807) is 7.11 Å². The molecule has 2 heterocycles. The van der Waals surface area contributed by atoms with Crippen LogP contribution in [0.2, 0.25) is 0 Å². The lowest BCUT2D eigenvalue weighted by Gasteiger charge is -2.34. The number of piperidine rings is 1. The fraction of sp³-hybridized carbons (Fsp3) is 0.562. The van der Waals surface area contributed by atoms with Gasteiger partial charge in [-0.2, -0.15) is 0 Å². The van der Waals surface area contributed by atoms with E-state index in [0.29, 0.717) is 0 Å². The average Bonchev–Trinajstić information content (AvgIpc) is 2.86. The SMILES string of the molecule is CCn1c(C2(C)CCCCN2)nc2cc(OC)ccc21. The van der Waals surface area contributed by atoms with E-state index in [-0.39, 0.29) is 5.54 Å². The van der Waals surface area contributed by atoms with Crippen LogP contribution < -0.4 is 10.1 Å². The standard InChI is InChI=1S/C16H23N3O/c1-4-19-14-8-7-12(20-3)11-13(14)18-15(19)16(2)9-5-6-10-17-16/h7-8,11,17H,4-6,9-10H2,1-3H3. The van der Waals surface area contributed by atoms with Gasteiger partial charge in [0.25, 0.3) is 0 Å². The van der Waals surface area contributed by atoms with Crippen molar-refractivity contribution in [3.05, 3.63) is 24.0 Å². The van der Waals surface area contributed by atoms with Crippen molar-refractivity contribution in [3.63, 3.8) is 0 Å². The van der Waals surface area contributed by atoms with Crippen LogP contribution in [0.25, 0.3) is 11.0 Å². The number of imidazole rings is 1. The van der Waals surface area contributed by atoms with Gasteiger partial charge in [-0.3, -0.25) is 0 Å². The average molecular weight is 273 g/mol. The molecule has 0 aliphatic carbocycles. The first-order valence-corrected chi connectivity index (χ1v) is 7.48. The summed E-state index contributed by atoms with van der Waals surface area (Å²) in [4.78, 5) is 4.91. The second-order valence-electron chi connectivity index (χ2n) is 5.75. The highest BCUT2D eigenvalue weighted by Gasteiger charge is 2.33. The Hall–Kier alpha value is -1.55. The number of nitrogens with one attached hydrogen (secondary N) is 1. The van der Waals surface area contributed by atoms with E-state index < -0.39 is 0 Å². The van der Waals surface area contributed by atoms with Crippen molar-refractivity contribution >= 4 is 11.0 Å². The molecule has 1 unspecified atom stereocenters. The summed E-state index contributed by atoms with van der Waals surface area (Å²) in [6, 6.07) is 6.15. The van der Waals surface area contributed by atoms with E-state index in [9.17, 15) is 0 Å². The summed E-state index contributed by atoms with van der Waals surface area (Å²) < 4.78 is 7.64. The molecule has 1 aromatic heterocycles. The van der Waals surface area contributed by atoms with Gasteiger partial charge in [-0.25, -0.2) is 4.98 Å². The second kappa shape index (κ2) is 5.09. The van der Waals surface area contributed by atoms with Crippen LogP contribution in [0.3, 0.4) is 0 Å². The van der Waals surface area contributed by atoms with Crippen LogP contribution in [0.4, 0.5) is 0 Å². The largest absolute Gasteiger partial charge is 0.497 e. The van der Waals surface area contributed by atoms with Gasteiger partial charge < -0.3 is 14.6 Å². The third kappa shape index (κ3) is 2.08. The van der Waals surface area contributed by atoms with Gasteiger partial charge in [0.05, 0.1) is 23.7 Å². The maximum Gasteiger partial charge on any atom is 0.129 e. The molecule has 1 aliphatic rings. The highest BCUT2D eigenvalue weighted by molar-refractivity contribution is 5.78. The molecule has 2 aromatic rings. The summed E-state index contributed by atoms with van der Waals surface area (Å²) in [5.74, 6) is 2.02. The van der Waals surface area contributed by atoms with Crippen molar-refractivity contribution in [2.75, 3.05) is 13.7 Å². The summed E-state index contributed by atoms with van der Waals surface area (Å²) in [5.41, 5.74) is 2.20. The van der Waals surface area contributed by atoms with Gasteiger partial charge in [-0.05, 0) is 51.8 Å². The Kier molecular flexibility index (Phi) is 3.42. The van der Waals surface area contributed by atoms with Crippen molar-refractivity contribution in [2.45, 2.75) is 45.2 Å². The number of fused-ring (bicyclic) bond motifs is 1. The molecular formula is C16H23N3O. The van der Waals surface area contributed by atoms with Gasteiger partial charge >= 0.3 is 0 Å². The molecule has 4 nitrogen and oxygen atoms in total. The number of nitrogens with zero attached hydrogens (tertiary/aromatic N) is 2. The molecule has 0 bridgehead atoms. The van der Waals surface area contributed by atoms with Crippen molar-refractivity contribution in [2.24, 2.45) is 0 Å². The lowest BCUT2D eigenvalue weighted by Crippen LogP contribution is -2.45. The van der Waals surface area contributed by atoms with Gasteiger partial charge in [0, 0.05) is 12.6 Å². The maximum absolute atomic E-state index is 5.31. The molecule has 20 heavy (non-hydrogen) atoms. The summed E-state index contributed by atoms with van der Waals surface area (Å²) in [5, 5.41) is 3.66. The summed E-state index contributed by atoms with van der Waals surface area (Å²) in [7, 11) is 1.70. The minimum Gasteiger partial charge on any atom is -0.497 e. The van der Waals surface area contributed by atoms with Gasteiger partial charge in [-0.1, -0.05) is 0 Å². The van der Waals surface area contributed by atoms with Crippen LogP contribution in [0, 0.1) is 0 Å². The van der Waals surface area contributed by atoms with E-state index in [1.165, 1.54) is 18.4 Å². The Morgan fingerprint density at radius 3 is 2.90 bits per heavy atom. The van der Waals surface area contributed by atoms with E-state index >= 15 is 0 Å². The minimum absolute atomic E-state index is 0.0134. The molecule has 108 valence electrons. The van der Waals surface area contributed by atoms with Crippen LogP contribution >= 0.6 is 0 Å². The number of hydrogen-bond donors (Lipinski definition) is 1. The number of hydrogen-bond acceptors (Lipinski definition) is 3. The number of methoxy groups -OCH3 is 1. The summed E-state index contributed by atoms with van der Waals surface area (Å²) in [6.07, 6.45) is 3.67. The topological polar surface area (TPSA) is 39.1 Å². The van der Waals surface area contributed by atoms with Crippen LogP contribution in [0.15, 0.2) is 18.2 Å². The molecule has 0 spiro atoms. The second-order valence-corrected chi connectivity index (χ2v) is 5.75. The predicted molar refractivity (Wildman–Crippen MR) is 81.2 cm³/mol. The lowest BCUT2D eigenvalue weighted by atomic mass is 9.90. The van der Waals surface area contributed by atoms with E-state index in [0.717, 1.165) is 36.6 Å². The molecule has 1 atom stereocenters. The smallest absolute Gasteiger partial charge is 0.129 e. The number of benzene rings is 1. The third-order valence-electron chi connectivity index (χ3n) is 4.38. The molecule has 1 aliphatic heterocycles. The van der Waals surface area contributed by atoms with Gasteiger partial charge in [0.2, 0.25) is 0 Å². The molecule has 0 saturated carbocycles. The zero-order chi connectivity index (χ0) is 14.2. The van der Waals surface area contributed by atoms with Crippen LogP contribution in [0.1, 0.15) is 38.9 Å². The molecular weight excluding hydrogens is 250 g/mol. The Bertz CT molecular complexity index is 611. The van der Waals surface area contributed by atoms with Crippen LogP contribution in [-0.2, 0) is 12.1 Å². The van der Waals surface area contributed by atoms with Gasteiger partial charge in [0.1, 0.15) is 11.6 Å². The lowest BCUT2D eigenvalue weighted by molar-refractivity contribution is 0.262. The Morgan fingerprint density at radius 1 is 1.40 bits per heavy atom. The highest BCUT2D eigenvalue weighted by Crippen LogP contribution is 2.32. The Balaban J connectivity index is 2.14. The van der Waals surface area contributed by atoms with Crippen molar-refractivity contribution < 1.29 is 4.74 Å². The highest BCUT2D eigenvalue weighted by atomic mass is 16.5. The number of aryl methyl sites for hydroxylation is 1. The molecule has 0 radical (unpaired) electrons. The number of aromatic nitrogens is 2. The fourth-order valence-electron chi connectivity index (χ4n) is 3.22. The molecule has 1 fully saturated rings. The predicted octanol–water partition coefficient (Wildman–Crippen LogP) is 3.05. The molecule has 0 amide bonds. The Labute approximate surface area is 120 Å². The van der Waals surface area contributed by atoms with Crippen LogP contribution in [-0.4, -0.2) is 23.2 Å². The molecule has 1 saturated heterocycles. The molecule has 3 rings (SSSR count). The Morgan fingerprint density at radius 2 is 2.25 bits per heavy atom. The monoisotopic (exact) mass is 273 g/mol. The van der Waals surface area contributed by atoms with E-state index in [2.05, 4.69) is 29.8 Å². The number of rotatable bonds is 3. The van der Waals surface area contributed by atoms with Gasteiger partial charge in [0.15, 0.2) is 0 Å². The maximum atomic E-state index is 5.31. The van der Waals surface area contributed by atoms with Crippen molar-refractivity contribution in [1.82, 2.24) is 14.9 Å². The summed E-state index contributed by atoms with van der Waals surface area (Å²) in [6.45, 7) is 6.47. The molecule has 1 aromatic carbocycles. The van der Waals surface area contributed by atoms with Gasteiger partial charge in [-0.15, -0.1) is 0 Å². The first-order valence-electron chi connectivity index (χ1n) is 7.48. The molecule has 1 N–H and O–H groups in total. The minimum atomic E-state index is -0.0134. The van der Waals surface area contributed by atoms with E-state index in [4.69, 9.17) is 9.72 Å². The molecule has 4 heteroatoms. The first-order chi connectivity index (χ1) is 9.68. The zero-order valence-corrected chi connectivity index (χ0v) is 12.6. The van der Waals surface area contributed by atoms with Crippen LogP contribution in [0.5, 0.6) is 5.75 Å². The number of ether oxygens (including phenoxy) is 1. The van der Waals surface area contributed by atoms with Crippen molar-refractivity contribution in [3.8, 4) is 5.75 Å². The third-order valence-corrected chi connectivity index (χ3v) is 4.38. The van der Waals surface area contributed by atoms with E-state index in [1.807, 2.05) is 12.1 Å². The summed E-state index contributed by atoms with van der Waals surface area (Å²) >= 11 is 0. The normalized spacial score (nSPS) is 23.1. The first kappa shape index (κ1) is 13.4. The zero-order valence-electron chi connectivity index (χ0n) is 12.6. The fourth-order valence-corrected chi connectivity index (χ4v) is 3.22. The quantitative estimate of drug-likeness (QED) is 0.934. The van der Waals surface area contributed by atoms with Crippen molar-refractivity contribution in [1.29, 1.82) is 0 Å².